The van der Waals surface area contributed by atoms with Crippen molar-refractivity contribution in [2.45, 2.75) is 140 Å². The van der Waals surface area contributed by atoms with Gasteiger partial charge < -0.3 is 56.8 Å². The van der Waals surface area contributed by atoms with E-state index < -0.39 is 67.0 Å². The first-order valence-electron chi connectivity index (χ1n) is 27.5. The summed E-state index contributed by atoms with van der Waals surface area (Å²) in [4.78, 5) is 0. The molecule has 4 aliphatic rings. The summed E-state index contributed by atoms with van der Waals surface area (Å²) in [6.07, 6.45) is 0.843. The number of allylic oxidation sites excluding steroid dienone is 2. The van der Waals surface area contributed by atoms with E-state index in [4.69, 9.17) is 56.8 Å². The zero-order valence-electron chi connectivity index (χ0n) is 45.0. The van der Waals surface area contributed by atoms with Gasteiger partial charge in [0.1, 0.15) is 30.5 Å². The van der Waals surface area contributed by atoms with Crippen molar-refractivity contribution in [1.82, 2.24) is 0 Å². The minimum atomic E-state index is -0.896. The molecule has 78 heavy (non-hydrogen) atoms. The summed E-state index contributed by atoms with van der Waals surface area (Å²) in [5, 5.41) is 0. The number of benzene rings is 6. The van der Waals surface area contributed by atoms with Crippen molar-refractivity contribution in [3.05, 3.63) is 239 Å². The molecule has 0 aromatic heterocycles. The lowest BCUT2D eigenvalue weighted by molar-refractivity contribution is -0.254. The van der Waals surface area contributed by atoms with E-state index in [9.17, 15) is 0 Å². The Balaban J connectivity index is 0.882. The van der Waals surface area contributed by atoms with E-state index in [0.717, 1.165) is 39.1 Å². The van der Waals surface area contributed by atoms with Crippen molar-refractivity contribution in [1.29, 1.82) is 0 Å². The van der Waals surface area contributed by atoms with Crippen LogP contribution in [0.3, 0.4) is 0 Å². The molecule has 4 aliphatic heterocycles. The molecule has 0 spiro atoms. The molecule has 10 rings (SSSR count). The highest BCUT2D eigenvalue weighted by Gasteiger charge is 2.56. The van der Waals surface area contributed by atoms with Crippen LogP contribution in [0.4, 0.5) is 0 Å². The van der Waals surface area contributed by atoms with Crippen molar-refractivity contribution in [3.63, 3.8) is 0 Å². The average molecular weight is 1060 g/mol. The van der Waals surface area contributed by atoms with Crippen LogP contribution >= 0.6 is 0 Å². The van der Waals surface area contributed by atoms with Crippen LogP contribution in [0, 0.1) is 5.92 Å². The standard InChI is InChI=1S/C66H74O12/c1-66(2)77-61-55(36-54-38-58(71-42-50-28-16-7-17-29-50)63(73-44-52-32-20-9-21-33-52)60(75-54)46-69-40-48-24-12-5-13-25-48)65(67-3)76-56(64(61)78-66)35-34-53-37-57(70-41-49-26-14-6-15-27-49)62(72-43-51-30-18-8-19-31-51)59(74-53)45-68-39-47-22-10-4-11-23-47/h4-33,37-38,55-65H,34-36,39-46H2,1-3H3/t55?,56?,57-,58-,59?,60?,61?,62+,63+,64+,65-/m1/s1. The summed E-state index contributed by atoms with van der Waals surface area (Å²) in [6, 6.07) is 61.0. The van der Waals surface area contributed by atoms with Gasteiger partial charge in [-0.2, -0.15) is 0 Å². The van der Waals surface area contributed by atoms with E-state index in [-0.39, 0.29) is 19.1 Å². The van der Waals surface area contributed by atoms with Crippen molar-refractivity contribution in [3.8, 4) is 0 Å². The Morgan fingerprint density at radius 2 is 0.795 bits per heavy atom. The number of hydrogen-bond acceptors (Lipinski definition) is 12. The van der Waals surface area contributed by atoms with Crippen molar-refractivity contribution < 1.29 is 56.8 Å². The summed E-state index contributed by atoms with van der Waals surface area (Å²) in [5.41, 5.74) is 6.37. The fraction of sp³-hybridized carbons (Fsp3) is 0.394. The summed E-state index contributed by atoms with van der Waals surface area (Å²) in [6.45, 7) is 6.86. The highest BCUT2D eigenvalue weighted by Crippen LogP contribution is 2.45. The second-order valence-electron chi connectivity index (χ2n) is 20.9. The Morgan fingerprint density at radius 3 is 1.22 bits per heavy atom. The third-order valence-electron chi connectivity index (χ3n) is 14.6. The summed E-state index contributed by atoms with van der Waals surface area (Å²) in [7, 11) is 1.68. The number of ether oxygens (including phenoxy) is 12. The van der Waals surface area contributed by atoms with Gasteiger partial charge in [0.05, 0.1) is 76.6 Å². The lowest BCUT2D eigenvalue weighted by Gasteiger charge is -2.43. The van der Waals surface area contributed by atoms with Crippen LogP contribution in [0.25, 0.3) is 0 Å². The van der Waals surface area contributed by atoms with Gasteiger partial charge in [-0.15, -0.1) is 0 Å². The Kier molecular flexibility index (Phi) is 19.7. The SMILES string of the molecule is CO[C@@H]1OC(CCC2=C[C@@H](OCc3ccccc3)[C@H](OCc3ccccc3)C(COCc3ccccc3)O2)[C@@H]2OC(C)(C)OC2C1CC1=C[C@@H](OCc2ccccc2)[C@H](OCc2ccccc2)C(COCc2ccccc2)O1. The Labute approximate surface area is 460 Å². The molecule has 5 unspecified atom stereocenters. The lowest BCUT2D eigenvalue weighted by atomic mass is 9.85. The molecule has 0 amide bonds. The second-order valence-corrected chi connectivity index (χ2v) is 20.9. The zero-order chi connectivity index (χ0) is 53.4. The maximum Gasteiger partial charge on any atom is 0.163 e. The fourth-order valence-corrected chi connectivity index (χ4v) is 10.7. The Hall–Kier alpha value is -6.00. The normalized spacial score (nSPS) is 26.5. The molecule has 11 atom stereocenters. The molecule has 6 aromatic rings. The first-order valence-corrected chi connectivity index (χ1v) is 27.5. The topological polar surface area (TPSA) is 111 Å². The van der Waals surface area contributed by atoms with Crippen LogP contribution in [0.1, 0.15) is 66.5 Å². The smallest absolute Gasteiger partial charge is 0.163 e. The minimum absolute atomic E-state index is 0.266. The van der Waals surface area contributed by atoms with Crippen LogP contribution in [0.2, 0.25) is 0 Å². The largest absolute Gasteiger partial charge is 0.490 e. The van der Waals surface area contributed by atoms with E-state index in [0.29, 0.717) is 64.7 Å². The number of rotatable bonds is 26. The van der Waals surface area contributed by atoms with Gasteiger partial charge in [-0.3, -0.25) is 0 Å². The zero-order valence-corrected chi connectivity index (χ0v) is 45.0. The molecule has 0 bridgehead atoms. The van der Waals surface area contributed by atoms with E-state index in [2.05, 4.69) is 84.9 Å². The van der Waals surface area contributed by atoms with E-state index >= 15 is 0 Å². The highest BCUT2D eigenvalue weighted by atomic mass is 16.8. The molecule has 410 valence electrons. The van der Waals surface area contributed by atoms with Gasteiger partial charge in [0, 0.05) is 25.9 Å². The molecule has 12 heteroatoms. The van der Waals surface area contributed by atoms with Crippen LogP contribution in [-0.2, 0) is 96.5 Å². The molecule has 2 fully saturated rings. The molecule has 0 N–H and O–H groups in total. The van der Waals surface area contributed by atoms with Gasteiger partial charge in [-0.05, 0) is 65.8 Å². The molecule has 0 radical (unpaired) electrons. The third kappa shape index (κ3) is 15.4. The molecular weight excluding hydrogens is 985 g/mol. The van der Waals surface area contributed by atoms with Crippen molar-refractivity contribution in [2.24, 2.45) is 5.92 Å². The van der Waals surface area contributed by atoms with E-state index in [1.807, 2.05) is 123 Å². The maximum absolute atomic E-state index is 7.00. The van der Waals surface area contributed by atoms with E-state index in [1.54, 1.807) is 7.11 Å². The molecule has 12 nitrogen and oxygen atoms in total. The summed E-state index contributed by atoms with van der Waals surface area (Å²) < 4.78 is 80.7. The first kappa shape index (κ1) is 55.3. The Bertz CT molecular complexity index is 2750. The molecule has 2 saturated heterocycles. The average Bonchev–Trinajstić information content (AvgIpc) is 3.96. The third-order valence-corrected chi connectivity index (χ3v) is 14.6. The van der Waals surface area contributed by atoms with Gasteiger partial charge in [0.25, 0.3) is 0 Å². The molecule has 0 saturated carbocycles. The van der Waals surface area contributed by atoms with Gasteiger partial charge in [0.15, 0.2) is 24.3 Å². The highest BCUT2D eigenvalue weighted by molar-refractivity contribution is 5.20. The molecule has 0 aliphatic carbocycles. The second kappa shape index (κ2) is 27.7. The minimum Gasteiger partial charge on any atom is -0.490 e. The number of hydrogen-bond donors (Lipinski definition) is 0. The van der Waals surface area contributed by atoms with Crippen LogP contribution < -0.4 is 0 Å². The summed E-state index contributed by atoms with van der Waals surface area (Å²) >= 11 is 0. The van der Waals surface area contributed by atoms with Crippen LogP contribution in [0.5, 0.6) is 0 Å². The quantitative estimate of drug-likeness (QED) is 0.0516. The molecule has 4 heterocycles. The predicted octanol–water partition coefficient (Wildman–Crippen LogP) is 12.0. The van der Waals surface area contributed by atoms with Crippen LogP contribution in [0.15, 0.2) is 206 Å². The Morgan fingerprint density at radius 1 is 0.423 bits per heavy atom. The van der Waals surface area contributed by atoms with E-state index in [1.165, 1.54) is 0 Å². The summed E-state index contributed by atoms with van der Waals surface area (Å²) in [5.74, 6) is 0.268. The van der Waals surface area contributed by atoms with Gasteiger partial charge >= 0.3 is 0 Å². The van der Waals surface area contributed by atoms with Crippen molar-refractivity contribution >= 4 is 0 Å². The number of fused-ring (bicyclic) bond motifs is 1. The lowest BCUT2D eigenvalue weighted by Crippen LogP contribution is -2.54. The first-order chi connectivity index (χ1) is 38.3. The monoisotopic (exact) mass is 1060 g/mol. The number of methoxy groups -OCH3 is 1. The van der Waals surface area contributed by atoms with Crippen LogP contribution in [-0.4, -0.2) is 87.3 Å². The predicted molar refractivity (Wildman–Crippen MR) is 295 cm³/mol. The van der Waals surface area contributed by atoms with Crippen molar-refractivity contribution in [2.75, 3.05) is 20.3 Å². The molecule has 6 aromatic carbocycles. The fourth-order valence-electron chi connectivity index (χ4n) is 10.7. The maximum atomic E-state index is 7.00. The molecular formula is C66H74O12. The van der Waals surface area contributed by atoms with Gasteiger partial charge in [0.2, 0.25) is 0 Å². The van der Waals surface area contributed by atoms with Gasteiger partial charge in [-0.1, -0.05) is 182 Å². The van der Waals surface area contributed by atoms with Gasteiger partial charge in [-0.25, -0.2) is 0 Å².